The van der Waals surface area contributed by atoms with Crippen molar-refractivity contribution in [1.29, 1.82) is 0 Å². The summed E-state index contributed by atoms with van der Waals surface area (Å²) in [6, 6.07) is 3.77. The molecule has 1 N–H and O–H groups in total. The topological polar surface area (TPSA) is 49.8 Å². The molecule has 2 heterocycles. The van der Waals surface area contributed by atoms with Crippen LogP contribution in [0.1, 0.15) is 13.3 Å². The average molecular weight is 369 g/mol. The Kier molecular flexibility index (Phi) is 5.58. The number of rotatable bonds is 6. The highest BCUT2D eigenvalue weighted by molar-refractivity contribution is 6.30. The van der Waals surface area contributed by atoms with Gasteiger partial charge in [0.25, 0.3) is 0 Å². The van der Waals surface area contributed by atoms with E-state index in [4.69, 9.17) is 16.3 Å². The number of anilines is 1. The summed E-state index contributed by atoms with van der Waals surface area (Å²) in [5.74, 6) is 1.51. The molecule has 0 atom stereocenters. The van der Waals surface area contributed by atoms with Crippen LogP contribution in [0.5, 0.6) is 5.75 Å². The molecule has 2 aliphatic rings. The summed E-state index contributed by atoms with van der Waals surface area (Å²) in [4.78, 5) is 10.6. The van der Waals surface area contributed by atoms with Crippen LogP contribution in [0.3, 0.4) is 0 Å². The van der Waals surface area contributed by atoms with Crippen LogP contribution in [0.15, 0.2) is 81.5 Å². The Morgan fingerprint density at radius 2 is 2.27 bits per heavy atom. The van der Waals surface area contributed by atoms with Gasteiger partial charge in [-0.1, -0.05) is 17.7 Å². The summed E-state index contributed by atoms with van der Waals surface area (Å²) in [5.41, 5.74) is 4.01. The van der Waals surface area contributed by atoms with Crippen LogP contribution in [-0.2, 0) is 0 Å². The fraction of sp³-hybridized carbons (Fsp3) is 0.200. The molecule has 0 saturated heterocycles. The van der Waals surface area contributed by atoms with Gasteiger partial charge in [-0.2, -0.15) is 0 Å². The Hall–Kier alpha value is -2.79. The van der Waals surface area contributed by atoms with E-state index >= 15 is 0 Å². The largest absolute Gasteiger partial charge is 0.495 e. The minimum atomic E-state index is 0.619. The van der Waals surface area contributed by atoms with Gasteiger partial charge in [0.2, 0.25) is 0 Å². The van der Waals surface area contributed by atoms with Gasteiger partial charge in [0, 0.05) is 23.4 Å². The minimum Gasteiger partial charge on any atom is -0.495 e. The first-order valence-corrected chi connectivity index (χ1v) is 8.64. The highest BCUT2D eigenvalue weighted by Gasteiger charge is 2.20. The lowest BCUT2D eigenvalue weighted by molar-refractivity contribution is 0.413. The summed E-state index contributed by atoms with van der Waals surface area (Å²) in [6.07, 6.45) is 12.6. The fourth-order valence-corrected chi connectivity index (χ4v) is 3.05. The van der Waals surface area contributed by atoms with Crippen LogP contribution < -0.4 is 10.1 Å². The Morgan fingerprint density at radius 1 is 1.42 bits per heavy atom. The SMILES string of the molecule is C=N/C(C)=C(/C1=CCC(Nc2ccc(OC)cn2)=C1)N1C=CC=C(Cl)C1. The summed E-state index contributed by atoms with van der Waals surface area (Å²) in [5, 5.41) is 4.13. The second-order valence-corrected chi connectivity index (χ2v) is 6.40. The standard InChI is InChI=1S/C20H21ClN4O/c1-14(22-2)20(25-10-4-5-16(21)13-25)15-6-7-17(11-15)24-19-9-8-18(26-3)12-23-19/h4-6,8-12H,2,7,13H2,1,3H3,(H,23,24)/b20-14-. The zero-order valence-corrected chi connectivity index (χ0v) is 15.6. The van der Waals surface area contributed by atoms with Gasteiger partial charge in [0.05, 0.1) is 31.2 Å². The Bertz CT molecular complexity index is 847. The van der Waals surface area contributed by atoms with E-state index in [1.54, 1.807) is 13.3 Å². The predicted octanol–water partition coefficient (Wildman–Crippen LogP) is 4.60. The molecule has 5 nitrogen and oxygen atoms in total. The van der Waals surface area contributed by atoms with Gasteiger partial charge in [-0.05, 0) is 49.6 Å². The number of hydrogen-bond donors (Lipinski definition) is 1. The van der Waals surface area contributed by atoms with Crippen LogP contribution in [0.4, 0.5) is 5.82 Å². The monoisotopic (exact) mass is 368 g/mol. The van der Waals surface area contributed by atoms with Crippen molar-refractivity contribution in [3.63, 3.8) is 0 Å². The maximum atomic E-state index is 6.20. The number of nitrogens with one attached hydrogen (secondary N) is 1. The van der Waals surface area contributed by atoms with Crippen molar-refractivity contribution in [1.82, 2.24) is 9.88 Å². The van der Waals surface area contributed by atoms with E-state index in [0.29, 0.717) is 6.54 Å². The molecule has 1 aliphatic carbocycles. The number of pyridine rings is 1. The molecule has 0 amide bonds. The smallest absolute Gasteiger partial charge is 0.137 e. The Labute approximate surface area is 158 Å². The van der Waals surface area contributed by atoms with Crippen LogP contribution >= 0.6 is 11.6 Å². The molecule has 0 saturated carbocycles. The lowest BCUT2D eigenvalue weighted by atomic mass is 10.1. The van der Waals surface area contributed by atoms with Crippen molar-refractivity contribution in [2.24, 2.45) is 4.99 Å². The molecule has 0 bridgehead atoms. The van der Waals surface area contributed by atoms with Gasteiger partial charge in [-0.3, -0.25) is 4.99 Å². The summed E-state index contributed by atoms with van der Waals surface area (Å²) in [6.45, 7) is 6.25. The third-order valence-corrected chi connectivity index (χ3v) is 4.38. The highest BCUT2D eigenvalue weighted by atomic mass is 35.5. The number of aromatic nitrogens is 1. The number of ether oxygens (including phenoxy) is 1. The predicted molar refractivity (Wildman–Crippen MR) is 107 cm³/mol. The molecule has 0 radical (unpaired) electrons. The van der Waals surface area contributed by atoms with Crippen molar-refractivity contribution < 1.29 is 4.74 Å². The normalized spacial score (nSPS) is 17.2. The molecule has 0 aromatic carbocycles. The first-order chi connectivity index (χ1) is 12.6. The molecule has 26 heavy (non-hydrogen) atoms. The first kappa shape index (κ1) is 18.0. The molecule has 1 aromatic rings. The van der Waals surface area contributed by atoms with Gasteiger partial charge in [-0.25, -0.2) is 4.98 Å². The number of hydrogen-bond acceptors (Lipinski definition) is 5. The number of aliphatic imine (C=N–C) groups is 1. The zero-order chi connectivity index (χ0) is 18.5. The van der Waals surface area contributed by atoms with E-state index in [2.05, 4.69) is 39.1 Å². The number of methoxy groups -OCH3 is 1. The van der Waals surface area contributed by atoms with E-state index in [0.717, 1.165) is 45.7 Å². The van der Waals surface area contributed by atoms with E-state index in [1.807, 2.05) is 37.4 Å². The number of allylic oxidation sites excluding steroid dienone is 5. The van der Waals surface area contributed by atoms with Crippen molar-refractivity contribution in [2.75, 3.05) is 19.0 Å². The Morgan fingerprint density at radius 3 is 2.92 bits per heavy atom. The quantitative estimate of drug-likeness (QED) is 0.745. The van der Waals surface area contributed by atoms with E-state index < -0.39 is 0 Å². The van der Waals surface area contributed by atoms with Gasteiger partial charge in [0.1, 0.15) is 11.6 Å². The number of halogens is 1. The van der Waals surface area contributed by atoms with Gasteiger partial charge >= 0.3 is 0 Å². The van der Waals surface area contributed by atoms with Crippen LogP contribution in [-0.4, -0.2) is 30.3 Å². The molecule has 6 heteroatoms. The lowest BCUT2D eigenvalue weighted by Gasteiger charge is -2.26. The van der Waals surface area contributed by atoms with E-state index in [-0.39, 0.29) is 0 Å². The molecule has 3 rings (SSSR count). The summed E-state index contributed by atoms with van der Waals surface area (Å²) < 4.78 is 5.14. The maximum Gasteiger partial charge on any atom is 0.137 e. The molecule has 0 fully saturated rings. The zero-order valence-electron chi connectivity index (χ0n) is 14.9. The van der Waals surface area contributed by atoms with Crippen molar-refractivity contribution in [3.05, 3.63) is 76.5 Å². The minimum absolute atomic E-state index is 0.619. The van der Waals surface area contributed by atoms with Crippen molar-refractivity contribution in [2.45, 2.75) is 13.3 Å². The van der Waals surface area contributed by atoms with Crippen LogP contribution in [0.25, 0.3) is 0 Å². The van der Waals surface area contributed by atoms with E-state index in [1.165, 1.54) is 0 Å². The van der Waals surface area contributed by atoms with E-state index in [9.17, 15) is 0 Å². The average Bonchev–Trinajstić information content (AvgIpc) is 3.10. The molecular formula is C20H21ClN4O. The van der Waals surface area contributed by atoms with Crippen LogP contribution in [0, 0.1) is 0 Å². The van der Waals surface area contributed by atoms with Crippen molar-refractivity contribution >= 4 is 24.1 Å². The van der Waals surface area contributed by atoms with Gasteiger partial charge in [-0.15, -0.1) is 0 Å². The van der Waals surface area contributed by atoms with Gasteiger partial charge in [0.15, 0.2) is 0 Å². The number of nitrogens with zero attached hydrogens (tertiary/aromatic N) is 3. The summed E-state index contributed by atoms with van der Waals surface area (Å²) in [7, 11) is 1.63. The molecular weight excluding hydrogens is 348 g/mol. The fourth-order valence-electron chi connectivity index (χ4n) is 2.85. The molecule has 134 valence electrons. The molecule has 0 unspecified atom stereocenters. The lowest BCUT2D eigenvalue weighted by Crippen LogP contribution is -2.22. The third-order valence-electron chi connectivity index (χ3n) is 4.14. The van der Waals surface area contributed by atoms with Crippen LogP contribution in [0.2, 0.25) is 0 Å². The second-order valence-electron chi connectivity index (χ2n) is 5.92. The van der Waals surface area contributed by atoms with Crippen molar-refractivity contribution in [3.8, 4) is 5.75 Å². The Balaban J connectivity index is 1.79. The van der Waals surface area contributed by atoms with Gasteiger partial charge < -0.3 is 15.0 Å². The third kappa shape index (κ3) is 4.06. The molecule has 0 spiro atoms. The first-order valence-electron chi connectivity index (χ1n) is 8.26. The maximum absolute atomic E-state index is 6.20. The second kappa shape index (κ2) is 8.06. The highest BCUT2D eigenvalue weighted by Crippen LogP contribution is 2.31. The molecule has 1 aromatic heterocycles. The summed E-state index contributed by atoms with van der Waals surface area (Å²) >= 11 is 6.20. The molecule has 1 aliphatic heterocycles.